The van der Waals surface area contributed by atoms with E-state index in [4.69, 9.17) is 5.73 Å². The number of nitrogens with one attached hydrogen (secondary N) is 1. The van der Waals surface area contributed by atoms with Crippen LogP contribution < -0.4 is 11.1 Å². The van der Waals surface area contributed by atoms with Crippen molar-refractivity contribution >= 4 is 5.95 Å². The van der Waals surface area contributed by atoms with Gasteiger partial charge in [-0.3, -0.25) is 0 Å². The largest absolute Gasteiger partial charge is 0.354 e. The molecule has 15 heavy (non-hydrogen) atoms. The molecule has 5 heteroatoms. The summed E-state index contributed by atoms with van der Waals surface area (Å²) in [7, 11) is 0. The van der Waals surface area contributed by atoms with Gasteiger partial charge >= 0.3 is 0 Å². The van der Waals surface area contributed by atoms with Crippen molar-refractivity contribution in [2.24, 2.45) is 11.7 Å². The molecule has 5 nitrogen and oxygen atoms in total. The third kappa shape index (κ3) is 3.13. The van der Waals surface area contributed by atoms with E-state index >= 15 is 0 Å². The van der Waals surface area contributed by atoms with Gasteiger partial charge in [-0.05, 0) is 31.6 Å². The van der Waals surface area contributed by atoms with Crippen LogP contribution in [0.5, 0.6) is 0 Å². The van der Waals surface area contributed by atoms with Crippen molar-refractivity contribution < 1.29 is 0 Å². The summed E-state index contributed by atoms with van der Waals surface area (Å²) < 4.78 is 0. The van der Waals surface area contributed by atoms with Crippen LogP contribution in [-0.4, -0.2) is 27.5 Å². The highest BCUT2D eigenvalue weighted by atomic mass is 15.1. The van der Waals surface area contributed by atoms with Gasteiger partial charge in [0.15, 0.2) is 0 Å². The average Bonchev–Trinajstić information content (AvgIpc) is 2.30. The third-order valence-corrected chi connectivity index (χ3v) is 2.93. The predicted molar refractivity (Wildman–Crippen MR) is 58.3 cm³/mol. The summed E-state index contributed by atoms with van der Waals surface area (Å²) in [6.45, 7) is 0.941. The number of nitrogens with two attached hydrogens (primary N) is 1. The van der Waals surface area contributed by atoms with Gasteiger partial charge in [0.2, 0.25) is 5.95 Å². The van der Waals surface area contributed by atoms with Crippen LogP contribution in [0, 0.1) is 5.92 Å². The minimum atomic E-state index is 0.415. The first kappa shape index (κ1) is 10.3. The lowest BCUT2D eigenvalue weighted by Gasteiger charge is -2.25. The average molecular weight is 207 g/mol. The zero-order valence-corrected chi connectivity index (χ0v) is 8.76. The van der Waals surface area contributed by atoms with E-state index < -0.39 is 0 Å². The lowest BCUT2D eigenvalue weighted by molar-refractivity contribution is 0.338. The summed E-state index contributed by atoms with van der Waals surface area (Å²) in [6, 6.07) is 0.415. The van der Waals surface area contributed by atoms with E-state index in [0.717, 1.165) is 19.4 Å². The maximum Gasteiger partial charge on any atom is 0.225 e. The third-order valence-electron chi connectivity index (χ3n) is 2.93. The molecule has 3 N–H and O–H groups in total. The number of hydrogen-bond donors (Lipinski definition) is 2. The second kappa shape index (κ2) is 5.02. The number of aromatic nitrogens is 3. The Morgan fingerprint density at radius 3 is 2.53 bits per heavy atom. The molecule has 0 spiro atoms. The minimum Gasteiger partial charge on any atom is -0.354 e. The maximum atomic E-state index is 5.85. The summed E-state index contributed by atoms with van der Waals surface area (Å²) in [5.74, 6) is 1.38. The van der Waals surface area contributed by atoms with Crippen LogP contribution in [0.1, 0.15) is 25.7 Å². The van der Waals surface area contributed by atoms with Crippen LogP contribution in [0.25, 0.3) is 0 Å². The van der Waals surface area contributed by atoms with Crippen molar-refractivity contribution in [1.29, 1.82) is 0 Å². The van der Waals surface area contributed by atoms with Gasteiger partial charge in [0.1, 0.15) is 12.7 Å². The van der Waals surface area contributed by atoms with Crippen molar-refractivity contribution in [1.82, 2.24) is 15.0 Å². The molecule has 1 fully saturated rings. The van der Waals surface area contributed by atoms with Crippen LogP contribution in [0.15, 0.2) is 12.7 Å². The van der Waals surface area contributed by atoms with Gasteiger partial charge in [-0.2, -0.15) is 0 Å². The smallest absolute Gasteiger partial charge is 0.225 e. The second-order valence-electron chi connectivity index (χ2n) is 4.12. The highest BCUT2D eigenvalue weighted by Crippen LogP contribution is 2.22. The van der Waals surface area contributed by atoms with Gasteiger partial charge in [0.25, 0.3) is 0 Å². The fourth-order valence-corrected chi connectivity index (χ4v) is 1.96. The summed E-state index contributed by atoms with van der Waals surface area (Å²) in [6.07, 6.45) is 7.71. The van der Waals surface area contributed by atoms with E-state index in [1.807, 2.05) is 0 Å². The lowest BCUT2D eigenvalue weighted by atomic mass is 9.86. The number of hydrogen-bond acceptors (Lipinski definition) is 5. The van der Waals surface area contributed by atoms with Crippen molar-refractivity contribution in [3.63, 3.8) is 0 Å². The normalized spacial score (nSPS) is 26.2. The summed E-state index contributed by atoms with van der Waals surface area (Å²) >= 11 is 0. The Kier molecular flexibility index (Phi) is 3.45. The summed E-state index contributed by atoms with van der Waals surface area (Å²) in [5.41, 5.74) is 5.85. The SMILES string of the molecule is NC1CCC(CNc2ncncn2)CC1. The van der Waals surface area contributed by atoms with E-state index in [0.29, 0.717) is 17.9 Å². The molecule has 0 saturated heterocycles. The van der Waals surface area contributed by atoms with Gasteiger partial charge in [0, 0.05) is 12.6 Å². The zero-order chi connectivity index (χ0) is 10.5. The number of nitrogens with zero attached hydrogens (tertiary/aromatic N) is 3. The van der Waals surface area contributed by atoms with Crippen LogP contribution in [-0.2, 0) is 0 Å². The monoisotopic (exact) mass is 207 g/mol. The first-order valence-corrected chi connectivity index (χ1v) is 5.46. The molecule has 1 aliphatic rings. The fourth-order valence-electron chi connectivity index (χ4n) is 1.96. The lowest BCUT2D eigenvalue weighted by Crippen LogP contribution is -2.29. The van der Waals surface area contributed by atoms with E-state index in [2.05, 4.69) is 20.3 Å². The quantitative estimate of drug-likeness (QED) is 0.766. The molecular formula is C10H17N5. The maximum absolute atomic E-state index is 5.85. The number of rotatable bonds is 3. The molecule has 0 aliphatic heterocycles. The zero-order valence-electron chi connectivity index (χ0n) is 8.76. The Bertz CT molecular complexity index is 281. The van der Waals surface area contributed by atoms with Crippen molar-refractivity contribution in [3.05, 3.63) is 12.7 Å². The van der Waals surface area contributed by atoms with Crippen LogP contribution in [0.4, 0.5) is 5.95 Å². The topological polar surface area (TPSA) is 76.7 Å². The number of anilines is 1. The Morgan fingerprint density at radius 2 is 1.87 bits per heavy atom. The molecule has 2 rings (SSSR count). The highest BCUT2D eigenvalue weighted by molar-refractivity contribution is 5.20. The molecule has 0 radical (unpaired) electrons. The second-order valence-corrected chi connectivity index (χ2v) is 4.12. The van der Waals surface area contributed by atoms with Crippen LogP contribution in [0.3, 0.4) is 0 Å². The molecule has 0 aromatic carbocycles. The summed E-state index contributed by atoms with van der Waals surface area (Å²) in [5, 5.41) is 3.23. The Hall–Kier alpha value is -1.23. The van der Waals surface area contributed by atoms with E-state index in [1.54, 1.807) is 0 Å². The van der Waals surface area contributed by atoms with Gasteiger partial charge in [-0.1, -0.05) is 0 Å². The van der Waals surface area contributed by atoms with Crippen LogP contribution >= 0.6 is 0 Å². The fraction of sp³-hybridized carbons (Fsp3) is 0.700. The molecule has 0 bridgehead atoms. The van der Waals surface area contributed by atoms with E-state index in [1.165, 1.54) is 25.5 Å². The molecule has 1 aromatic heterocycles. The molecule has 1 heterocycles. The molecule has 82 valence electrons. The van der Waals surface area contributed by atoms with E-state index in [9.17, 15) is 0 Å². The molecule has 0 atom stereocenters. The predicted octanol–water partition coefficient (Wildman–Crippen LogP) is 0.801. The molecule has 1 saturated carbocycles. The van der Waals surface area contributed by atoms with Gasteiger partial charge in [0.05, 0.1) is 0 Å². The molecule has 1 aromatic rings. The molecule has 1 aliphatic carbocycles. The van der Waals surface area contributed by atoms with Gasteiger partial charge in [-0.25, -0.2) is 15.0 Å². The van der Waals surface area contributed by atoms with Gasteiger partial charge in [-0.15, -0.1) is 0 Å². The molecule has 0 amide bonds. The Morgan fingerprint density at radius 1 is 1.20 bits per heavy atom. The van der Waals surface area contributed by atoms with Crippen molar-refractivity contribution in [3.8, 4) is 0 Å². The van der Waals surface area contributed by atoms with Crippen LogP contribution in [0.2, 0.25) is 0 Å². The minimum absolute atomic E-state index is 0.415. The van der Waals surface area contributed by atoms with Gasteiger partial charge < -0.3 is 11.1 Å². The Labute approximate surface area is 89.5 Å². The first-order valence-electron chi connectivity index (χ1n) is 5.46. The first-order chi connectivity index (χ1) is 7.34. The highest BCUT2D eigenvalue weighted by Gasteiger charge is 2.18. The summed E-state index contributed by atoms with van der Waals surface area (Å²) in [4.78, 5) is 11.8. The van der Waals surface area contributed by atoms with Crippen molar-refractivity contribution in [2.75, 3.05) is 11.9 Å². The standard InChI is InChI=1S/C10H17N5/c11-9-3-1-8(2-4-9)5-13-10-14-6-12-7-15-10/h6-9H,1-5,11H2,(H,12,13,14,15). The Balaban J connectivity index is 1.74. The van der Waals surface area contributed by atoms with E-state index in [-0.39, 0.29) is 0 Å². The molecule has 0 unspecified atom stereocenters. The molecular weight excluding hydrogens is 190 g/mol. The van der Waals surface area contributed by atoms with Crippen molar-refractivity contribution in [2.45, 2.75) is 31.7 Å².